The summed E-state index contributed by atoms with van der Waals surface area (Å²) in [6.45, 7) is 1.97. The van der Waals surface area contributed by atoms with Gasteiger partial charge in [0.1, 0.15) is 0 Å². The van der Waals surface area contributed by atoms with Crippen molar-refractivity contribution in [2.75, 3.05) is 0 Å². The minimum atomic E-state index is -0.754. The van der Waals surface area contributed by atoms with Gasteiger partial charge in [-0.15, -0.1) is 0 Å². The van der Waals surface area contributed by atoms with Crippen molar-refractivity contribution in [1.82, 2.24) is 0 Å². The molecule has 0 heterocycles. The van der Waals surface area contributed by atoms with Gasteiger partial charge in [0, 0.05) is 0 Å². The fourth-order valence-electron chi connectivity index (χ4n) is 2.87. The normalized spacial score (nSPS) is 12.7. The third kappa shape index (κ3) is 2.14. The molecule has 0 bridgehead atoms. The van der Waals surface area contributed by atoms with Gasteiger partial charge in [0.15, 0.2) is 0 Å². The van der Waals surface area contributed by atoms with Crippen LogP contribution in [0.25, 0.3) is 21.5 Å². The number of hydrogen-bond donors (Lipinski definition) is 1. The Labute approximate surface area is 117 Å². The first kappa shape index (κ1) is 12.7. The average molecular weight is 264 g/mol. The minimum Gasteiger partial charge on any atom is -0.481 e. The van der Waals surface area contributed by atoms with Crippen LogP contribution in [0.15, 0.2) is 54.6 Å². The molecule has 100 valence electrons. The Hall–Kier alpha value is -2.35. The van der Waals surface area contributed by atoms with Gasteiger partial charge in [-0.05, 0) is 33.0 Å². The zero-order valence-electron chi connectivity index (χ0n) is 11.3. The van der Waals surface area contributed by atoms with Crippen LogP contribution in [-0.2, 0) is 4.79 Å². The molecule has 20 heavy (non-hydrogen) atoms. The maximum atomic E-state index is 10.9. The van der Waals surface area contributed by atoms with E-state index in [1.165, 1.54) is 16.2 Å². The third-order valence-electron chi connectivity index (χ3n) is 3.83. The van der Waals surface area contributed by atoms with E-state index < -0.39 is 5.97 Å². The monoisotopic (exact) mass is 264 g/mol. The zero-order chi connectivity index (χ0) is 14.1. The van der Waals surface area contributed by atoms with Gasteiger partial charge in [0.2, 0.25) is 0 Å². The Kier molecular flexibility index (Phi) is 3.15. The SMILES string of the molecule is CC(CC(=O)O)c1cccc2c1ccc1ccccc12. The van der Waals surface area contributed by atoms with Gasteiger partial charge in [-0.3, -0.25) is 4.79 Å². The molecule has 0 saturated carbocycles. The van der Waals surface area contributed by atoms with E-state index in [0.29, 0.717) is 0 Å². The van der Waals surface area contributed by atoms with E-state index in [1.807, 2.05) is 31.2 Å². The summed E-state index contributed by atoms with van der Waals surface area (Å²) < 4.78 is 0. The van der Waals surface area contributed by atoms with E-state index in [-0.39, 0.29) is 12.3 Å². The summed E-state index contributed by atoms with van der Waals surface area (Å²) in [4.78, 5) is 10.9. The Morgan fingerprint density at radius 1 is 0.950 bits per heavy atom. The molecule has 2 nitrogen and oxygen atoms in total. The molecule has 1 unspecified atom stereocenters. The summed E-state index contributed by atoms with van der Waals surface area (Å²) in [5.74, 6) is -0.743. The minimum absolute atomic E-state index is 0.0114. The number of aliphatic carboxylic acids is 1. The summed E-state index contributed by atoms with van der Waals surface area (Å²) in [6.07, 6.45) is 0.159. The summed E-state index contributed by atoms with van der Waals surface area (Å²) in [6, 6.07) is 18.6. The highest BCUT2D eigenvalue weighted by Crippen LogP contribution is 2.32. The summed E-state index contributed by atoms with van der Waals surface area (Å²) in [5, 5.41) is 13.8. The van der Waals surface area contributed by atoms with Gasteiger partial charge in [-0.25, -0.2) is 0 Å². The molecule has 3 rings (SSSR count). The molecule has 0 aliphatic rings. The number of carboxylic acids is 1. The number of benzene rings is 3. The predicted octanol–water partition coefficient (Wildman–Crippen LogP) is 4.57. The standard InChI is InChI=1S/C18H16O2/c1-12(11-18(19)20)14-7-4-8-16-15-6-3-2-5-13(15)9-10-17(14)16/h2-10,12H,11H2,1H3,(H,19,20). The molecular formula is C18H16O2. The van der Waals surface area contributed by atoms with Crippen molar-refractivity contribution >= 4 is 27.5 Å². The van der Waals surface area contributed by atoms with E-state index in [9.17, 15) is 4.79 Å². The van der Waals surface area contributed by atoms with Crippen LogP contribution in [0.4, 0.5) is 0 Å². The maximum Gasteiger partial charge on any atom is 0.303 e. The smallest absolute Gasteiger partial charge is 0.303 e. The summed E-state index contributed by atoms with van der Waals surface area (Å²) in [7, 11) is 0. The van der Waals surface area contributed by atoms with Crippen LogP contribution < -0.4 is 0 Å². The fraction of sp³-hybridized carbons (Fsp3) is 0.167. The van der Waals surface area contributed by atoms with Crippen molar-refractivity contribution in [2.24, 2.45) is 0 Å². The van der Waals surface area contributed by atoms with Gasteiger partial charge in [0.25, 0.3) is 0 Å². The van der Waals surface area contributed by atoms with Gasteiger partial charge in [-0.1, -0.05) is 61.5 Å². The number of fused-ring (bicyclic) bond motifs is 3. The first-order valence-electron chi connectivity index (χ1n) is 6.79. The fourth-order valence-corrected chi connectivity index (χ4v) is 2.87. The molecule has 0 fully saturated rings. The summed E-state index contributed by atoms with van der Waals surface area (Å²) in [5.41, 5.74) is 1.11. The van der Waals surface area contributed by atoms with Crippen molar-refractivity contribution in [1.29, 1.82) is 0 Å². The average Bonchev–Trinajstić information content (AvgIpc) is 2.45. The van der Waals surface area contributed by atoms with Crippen molar-refractivity contribution < 1.29 is 9.90 Å². The lowest BCUT2D eigenvalue weighted by Gasteiger charge is -2.14. The third-order valence-corrected chi connectivity index (χ3v) is 3.83. The maximum absolute atomic E-state index is 10.9. The number of carboxylic acid groups (broad SMARTS) is 1. The van der Waals surface area contributed by atoms with E-state index in [1.54, 1.807) is 0 Å². The second-order valence-electron chi connectivity index (χ2n) is 5.23. The second kappa shape index (κ2) is 4.97. The highest BCUT2D eigenvalue weighted by Gasteiger charge is 2.13. The molecule has 0 amide bonds. The molecule has 0 aliphatic heterocycles. The largest absolute Gasteiger partial charge is 0.481 e. The van der Waals surface area contributed by atoms with Crippen LogP contribution in [0.2, 0.25) is 0 Å². The lowest BCUT2D eigenvalue weighted by Crippen LogP contribution is -2.03. The van der Waals surface area contributed by atoms with Gasteiger partial charge < -0.3 is 5.11 Å². The number of rotatable bonds is 3. The van der Waals surface area contributed by atoms with Crippen molar-refractivity contribution in [3.63, 3.8) is 0 Å². The highest BCUT2D eigenvalue weighted by atomic mass is 16.4. The second-order valence-corrected chi connectivity index (χ2v) is 5.23. The quantitative estimate of drug-likeness (QED) is 0.703. The van der Waals surface area contributed by atoms with Crippen LogP contribution in [0.5, 0.6) is 0 Å². The topological polar surface area (TPSA) is 37.3 Å². The highest BCUT2D eigenvalue weighted by molar-refractivity contribution is 6.08. The molecule has 2 heteroatoms. The number of carbonyl (C=O) groups is 1. The molecule has 0 saturated heterocycles. The number of hydrogen-bond acceptors (Lipinski definition) is 1. The van der Waals surface area contributed by atoms with E-state index in [0.717, 1.165) is 10.9 Å². The molecule has 1 N–H and O–H groups in total. The van der Waals surface area contributed by atoms with Gasteiger partial charge in [-0.2, -0.15) is 0 Å². The molecule has 0 radical (unpaired) electrons. The van der Waals surface area contributed by atoms with Gasteiger partial charge >= 0.3 is 5.97 Å². The van der Waals surface area contributed by atoms with E-state index in [4.69, 9.17) is 5.11 Å². The van der Waals surface area contributed by atoms with E-state index in [2.05, 4.69) is 30.3 Å². The molecule has 0 aliphatic carbocycles. The molecular weight excluding hydrogens is 248 g/mol. The molecule has 0 spiro atoms. The molecule has 1 atom stereocenters. The van der Waals surface area contributed by atoms with Crippen LogP contribution in [-0.4, -0.2) is 11.1 Å². The summed E-state index contributed by atoms with van der Waals surface area (Å²) >= 11 is 0. The van der Waals surface area contributed by atoms with Crippen LogP contribution in [0.3, 0.4) is 0 Å². The Morgan fingerprint density at radius 2 is 1.70 bits per heavy atom. The van der Waals surface area contributed by atoms with Crippen molar-refractivity contribution in [3.05, 3.63) is 60.2 Å². The predicted molar refractivity (Wildman–Crippen MR) is 82.1 cm³/mol. The molecule has 3 aromatic carbocycles. The van der Waals surface area contributed by atoms with Crippen molar-refractivity contribution in [2.45, 2.75) is 19.3 Å². The lowest BCUT2D eigenvalue weighted by atomic mass is 9.90. The van der Waals surface area contributed by atoms with Crippen molar-refractivity contribution in [3.8, 4) is 0 Å². The Balaban J connectivity index is 2.25. The van der Waals surface area contributed by atoms with E-state index >= 15 is 0 Å². The first-order chi connectivity index (χ1) is 9.66. The van der Waals surface area contributed by atoms with Crippen LogP contribution in [0.1, 0.15) is 24.8 Å². The Bertz CT molecular complexity index is 790. The van der Waals surface area contributed by atoms with Crippen LogP contribution >= 0.6 is 0 Å². The van der Waals surface area contributed by atoms with Gasteiger partial charge in [0.05, 0.1) is 6.42 Å². The lowest BCUT2D eigenvalue weighted by molar-refractivity contribution is -0.137. The molecule has 3 aromatic rings. The molecule has 0 aromatic heterocycles. The Morgan fingerprint density at radius 3 is 2.50 bits per heavy atom. The zero-order valence-corrected chi connectivity index (χ0v) is 11.3. The first-order valence-corrected chi connectivity index (χ1v) is 6.79. The van der Waals surface area contributed by atoms with Crippen LogP contribution in [0, 0.1) is 0 Å².